The molecule has 1 aliphatic rings. The molecule has 5 heteroatoms. The maximum atomic E-state index is 11.7. The first-order chi connectivity index (χ1) is 8.30. The minimum Gasteiger partial charge on any atom is -0.424 e. The Bertz CT molecular complexity index is 457. The van der Waals surface area contributed by atoms with Gasteiger partial charge in [0.25, 0.3) is 0 Å². The minimum absolute atomic E-state index is 0.0198. The van der Waals surface area contributed by atoms with Crippen LogP contribution in [0.5, 0.6) is 5.75 Å². The average molecular weight is 252 g/mol. The lowest BCUT2D eigenvalue weighted by Crippen LogP contribution is -2.28. The number of carbonyl (C=O) groups excluding carboxylic acids is 1. The summed E-state index contributed by atoms with van der Waals surface area (Å²) in [5.41, 5.74) is -0.294. The molecule has 0 saturated carbocycles. The molecule has 1 aromatic carbocycles. The summed E-state index contributed by atoms with van der Waals surface area (Å²) < 4.78 is 10.2. The summed E-state index contributed by atoms with van der Waals surface area (Å²) in [5.74, 6) is -1.98. The van der Waals surface area contributed by atoms with Gasteiger partial charge in [-0.2, -0.15) is 0 Å². The van der Waals surface area contributed by atoms with Crippen molar-refractivity contribution < 1.29 is 24.5 Å². The van der Waals surface area contributed by atoms with Crippen LogP contribution in [0.1, 0.15) is 19.4 Å². The molecule has 0 radical (unpaired) electrons. The highest BCUT2D eigenvalue weighted by Crippen LogP contribution is 2.30. The van der Waals surface area contributed by atoms with Crippen LogP contribution in [0, 0.1) is 0 Å². The van der Waals surface area contributed by atoms with Crippen molar-refractivity contribution in [3.8, 4) is 5.75 Å². The van der Waals surface area contributed by atoms with Crippen LogP contribution in [0.4, 0.5) is 0 Å². The molecule has 1 heterocycles. The lowest BCUT2D eigenvalue weighted by Gasteiger charge is -2.18. The molecule has 1 saturated heterocycles. The molecule has 1 atom stereocenters. The van der Waals surface area contributed by atoms with E-state index in [0.29, 0.717) is 17.9 Å². The normalized spacial score (nSPS) is 22.7. The first kappa shape index (κ1) is 13.0. The number of esters is 1. The molecule has 2 rings (SSSR count). The minimum atomic E-state index is -1.84. The fourth-order valence-corrected chi connectivity index (χ4v) is 1.54. The quantitative estimate of drug-likeness (QED) is 0.355. The van der Waals surface area contributed by atoms with Crippen molar-refractivity contribution in [3.63, 3.8) is 0 Å². The number of hydrogen-bond donors (Lipinski definition) is 2. The van der Waals surface area contributed by atoms with Gasteiger partial charge >= 0.3 is 5.97 Å². The van der Waals surface area contributed by atoms with E-state index in [1.807, 2.05) is 0 Å². The lowest BCUT2D eigenvalue weighted by molar-refractivity contribution is -0.145. The molecule has 0 spiro atoms. The standard InChI is InChI=1S/C13H16O5/c1-12(8-17-12)11(14)18-10-6-4-3-5-9(10)7-13(2,15)16/h3-6,15-16H,7-8H2,1-2H3. The monoisotopic (exact) mass is 252 g/mol. The molecule has 5 nitrogen and oxygen atoms in total. The van der Waals surface area contributed by atoms with E-state index in [1.54, 1.807) is 31.2 Å². The van der Waals surface area contributed by atoms with Gasteiger partial charge in [-0.25, -0.2) is 4.79 Å². The fourth-order valence-electron chi connectivity index (χ4n) is 1.54. The number of ether oxygens (including phenoxy) is 2. The Hall–Kier alpha value is -1.43. The van der Waals surface area contributed by atoms with Gasteiger partial charge in [-0.15, -0.1) is 0 Å². The van der Waals surface area contributed by atoms with Gasteiger partial charge < -0.3 is 19.7 Å². The van der Waals surface area contributed by atoms with Gasteiger partial charge in [0.05, 0.1) is 6.61 Å². The van der Waals surface area contributed by atoms with E-state index >= 15 is 0 Å². The second kappa shape index (κ2) is 4.35. The van der Waals surface area contributed by atoms with Crippen molar-refractivity contribution in [2.24, 2.45) is 0 Å². The van der Waals surface area contributed by atoms with Gasteiger partial charge in [0.15, 0.2) is 11.4 Å². The number of hydrogen-bond acceptors (Lipinski definition) is 5. The molecule has 1 aliphatic heterocycles. The summed E-state index contributed by atoms with van der Waals surface area (Å²) in [4.78, 5) is 11.7. The summed E-state index contributed by atoms with van der Waals surface area (Å²) in [5, 5.41) is 18.8. The summed E-state index contributed by atoms with van der Waals surface area (Å²) in [6.07, 6.45) is -0.0198. The van der Waals surface area contributed by atoms with Gasteiger partial charge in [-0.3, -0.25) is 0 Å². The average Bonchev–Trinajstić information content (AvgIpc) is 2.99. The van der Waals surface area contributed by atoms with Crippen molar-refractivity contribution in [1.29, 1.82) is 0 Å². The molecular formula is C13H16O5. The van der Waals surface area contributed by atoms with Crippen LogP contribution in [0.3, 0.4) is 0 Å². The second-order valence-corrected chi connectivity index (χ2v) is 4.91. The first-order valence-electron chi connectivity index (χ1n) is 5.69. The highest BCUT2D eigenvalue weighted by Gasteiger charge is 2.49. The topological polar surface area (TPSA) is 79.3 Å². The Morgan fingerprint density at radius 2 is 2.11 bits per heavy atom. The molecule has 0 aromatic heterocycles. The van der Waals surface area contributed by atoms with Crippen LogP contribution < -0.4 is 4.74 Å². The van der Waals surface area contributed by atoms with E-state index in [4.69, 9.17) is 9.47 Å². The van der Waals surface area contributed by atoms with E-state index in [-0.39, 0.29) is 6.42 Å². The Morgan fingerprint density at radius 1 is 1.50 bits per heavy atom. The van der Waals surface area contributed by atoms with Crippen molar-refractivity contribution in [2.75, 3.05) is 6.61 Å². The maximum Gasteiger partial charge on any atom is 0.345 e. The molecular weight excluding hydrogens is 236 g/mol. The van der Waals surface area contributed by atoms with Gasteiger partial charge in [0.1, 0.15) is 5.75 Å². The van der Waals surface area contributed by atoms with E-state index in [1.165, 1.54) is 6.92 Å². The molecule has 18 heavy (non-hydrogen) atoms. The summed E-state index contributed by atoms with van der Waals surface area (Å²) in [6.45, 7) is 3.28. The molecule has 0 amide bonds. The molecule has 1 fully saturated rings. The zero-order valence-electron chi connectivity index (χ0n) is 10.3. The Kier molecular flexibility index (Phi) is 3.14. The smallest absolute Gasteiger partial charge is 0.345 e. The number of rotatable bonds is 4. The maximum absolute atomic E-state index is 11.7. The van der Waals surface area contributed by atoms with E-state index in [0.717, 1.165) is 0 Å². The molecule has 0 bridgehead atoms. The number of aliphatic hydroxyl groups is 2. The summed E-state index contributed by atoms with van der Waals surface area (Å²) in [6, 6.07) is 6.76. The van der Waals surface area contributed by atoms with Crippen molar-refractivity contribution in [3.05, 3.63) is 29.8 Å². The number of para-hydroxylation sites is 1. The third-order valence-electron chi connectivity index (χ3n) is 2.71. The zero-order chi connectivity index (χ0) is 13.4. The first-order valence-corrected chi connectivity index (χ1v) is 5.69. The number of carbonyl (C=O) groups is 1. The largest absolute Gasteiger partial charge is 0.424 e. The van der Waals surface area contributed by atoms with Crippen LogP contribution in [0.25, 0.3) is 0 Å². The highest BCUT2D eigenvalue weighted by atomic mass is 16.6. The van der Waals surface area contributed by atoms with Gasteiger partial charge in [0.2, 0.25) is 0 Å². The number of benzene rings is 1. The summed E-state index contributed by atoms with van der Waals surface area (Å²) >= 11 is 0. The predicted molar refractivity (Wildman–Crippen MR) is 63.0 cm³/mol. The number of epoxide rings is 1. The third-order valence-corrected chi connectivity index (χ3v) is 2.71. The van der Waals surface area contributed by atoms with Crippen LogP contribution in [-0.2, 0) is 16.0 Å². The molecule has 98 valence electrons. The lowest BCUT2D eigenvalue weighted by atomic mass is 10.1. The van der Waals surface area contributed by atoms with Crippen LogP contribution in [-0.4, -0.2) is 34.2 Å². The van der Waals surface area contributed by atoms with Crippen LogP contribution >= 0.6 is 0 Å². The van der Waals surface area contributed by atoms with E-state index in [9.17, 15) is 15.0 Å². The van der Waals surface area contributed by atoms with Crippen molar-refractivity contribution in [1.82, 2.24) is 0 Å². The van der Waals surface area contributed by atoms with E-state index in [2.05, 4.69) is 0 Å². The zero-order valence-corrected chi connectivity index (χ0v) is 10.3. The Morgan fingerprint density at radius 3 is 2.67 bits per heavy atom. The Labute approximate surface area is 105 Å². The fraction of sp³-hybridized carbons (Fsp3) is 0.462. The predicted octanol–water partition coefficient (Wildman–Crippen LogP) is 0.624. The molecule has 1 aromatic rings. The molecule has 1 unspecified atom stereocenters. The SMILES string of the molecule is CC(O)(O)Cc1ccccc1OC(=O)C1(C)CO1. The van der Waals surface area contributed by atoms with E-state index < -0.39 is 17.4 Å². The molecule has 2 N–H and O–H groups in total. The Balaban J connectivity index is 2.15. The van der Waals surface area contributed by atoms with Gasteiger partial charge in [0, 0.05) is 12.0 Å². The third kappa shape index (κ3) is 3.07. The summed E-state index contributed by atoms with van der Waals surface area (Å²) in [7, 11) is 0. The highest BCUT2D eigenvalue weighted by molar-refractivity contribution is 5.84. The molecule has 0 aliphatic carbocycles. The van der Waals surface area contributed by atoms with Gasteiger partial charge in [-0.05, 0) is 19.9 Å². The van der Waals surface area contributed by atoms with Gasteiger partial charge in [-0.1, -0.05) is 18.2 Å². The second-order valence-electron chi connectivity index (χ2n) is 4.91. The van der Waals surface area contributed by atoms with Crippen LogP contribution in [0.15, 0.2) is 24.3 Å². The van der Waals surface area contributed by atoms with Crippen molar-refractivity contribution in [2.45, 2.75) is 31.7 Å². The van der Waals surface area contributed by atoms with Crippen LogP contribution in [0.2, 0.25) is 0 Å². The van der Waals surface area contributed by atoms with Crippen molar-refractivity contribution >= 4 is 5.97 Å².